The SMILES string of the molecule is COC(=O)c1cccc(C(=O)ONC(=O)Oc2ccccc2Cl)c1C. The largest absolute Gasteiger partial charge is 0.465 e. The Morgan fingerprint density at radius 1 is 0.960 bits per heavy atom. The summed E-state index contributed by atoms with van der Waals surface area (Å²) in [4.78, 5) is 40.1. The lowest BCUT2D eigenvalue weighted by atomic mass is 10.0. The van der Waals surface area contributed by atoms with Crippen LogP contribution in [0.15, 0.2) is 42.5 Å². The van der Waals surface area contributed by atoms with Crippen LogP contribution in [0, 0.1) is 6.92 Å². The lowest BCUT2D eigenvalue weighted by molar-refractivity contribution is 0.0275. The maximum absolute atomic E-state index is 12.1. The Hall–Kier alpha value is -3.06. The van der Waals surface area contributed by atoms with Crippen molar-refractivity contribution in [3.05, 3.63) is 64.2 Å². The van der Waals surface area contributed by atoms with Gasteiger partial charge >= 0.3 is 18.0 Å². The van der Waals surface area contributed by atoms with E-state index >= 15 is 0 Å². The Morgan fingerprint density at radius 2 is 1.60 bits per heavy atom. The standard InChI is InChI=1S/C17H14ClNO6/c1-10-11(15(20)23-2)6-5-7-12(10)16(21)25-19-17(22)24-14-9-4-3-8-13(14)18/h3-9H,1-2H3,(H,19,22). The molecule has 0 bridgehead atoms. The summed E-state index contributed by atoms with van der Waals surface area (Å²) < 4.78 is 9.54. The number of hydrogen-bond acceptors (Lipinski definition) is 6. The van der Waals surface area contributed by atoms with E-state index in [0.29, 0.717) is 5.56 Å². The minimum Gasteiger partial charge on any atom is -0.465 e. The van der Waals surface area contributed by atoms with Gasteiger partial charge in [0.2, 0.25) is 0 Å². The first-order valence-electron chi connectivity index (χ1n) is 7.05. The number of benzene rings is 2. The van der Waals surface area contributed by atoms with Crippen LogP contribution >= 0.6 is 11.6 Å². The molecule has 0 atom stereocenters. The molecule has 130 valence electrons. The van der Waals surface area contributed by atoms with E-state index in [4.69, 9.17) is 21.2 Å². The fourth-order valence-corrected chi connectivity index (χ4v) is 2.15. The summed E-state index contributed by atoms with van der Waals surface area (Å²) >= 11 is 5.85. The van der Waals surface area contributed by atoms with Gasteiger partial charge in [-0.3, -0.25) is 0 Å². The monoisotopic (exact) mass is 363 g/mol. The van der Waals surface area contributed by atoms with E-state index in [1.165, 1.54) is 37.4 Å². The second-order valence-corrected chi connectivity index (χ2v) is 5.19. The number of nitrogens with one attached hydrogen (secondary N) is 1. The third kappa shape index (κ3) is 4.48. The van der Waals surface area contributed by atoms with Gasteiger partial charge in [-0.2, -0.15) is 0 Å². The molecule has 0 fully saturated rings. The average Bonchev–Trinajstić information content (AvgIpc) is 2.61. The first-order valence-corrected chi connectivity index (χ1v) is 7.43. The Balaban J connectivity index is 2.02. The quantitative estimate of drug-likeness (QED) is 0.664. The van der Waals surface area contributed by atoms with E-state index in [1.54, 1.807) is 19.1 Å². The Bertz CT molecular complexity index is 821. The molecule has 0 aliphatic carbocycles. The molecule has 8 heteroatoms. The third-order valence-electron chi connectivity index (χ3n) is 3.23. The molecule has 0 aliphatic rings. The molecule has 2 rings (SSSR count). The number of ether oxygens (including phenoxy) is 2. The molecule has 1 amide bonds. The van der Waals surface area contributed by atoms with Crippen LogP contribution < -0.4 is 10.2 Å². The lowest BCUT2D eigenvalue weighted by Gasteiger charge is -2.10. The number of halogens is 1. The normalized spacial score (nSPS) is 9.88. The van der Waals surface area contributed by atoms with Gasteiger partial charge in [0.25, 0.3) is 0 Å². The van der Waals surface area contributed by atoms with Gasteiger partial charge in [-0.15, -0.1) is 5.48 Å². The van der Waals surface area contributed by atoms with Crippen molar-refractivity contribution in [2.75, 3.05) is 7.11 Å². The minimum absolute atomic E-state index is 0.0981. The molecule has 0 radical (unpaired) electrons. The summed E-state index contributed by atoms with van der Waals surface area (Å²) in [6.45, 7) is 1.56. The second kappa shape index (κ2) is 8.16. The van der Waals surface area contributed by atoms with Gasteiger partial charge in [0.05, 0.1) is 23.3 Å². The second-order valence-electron chi connectivity index (χ2n) is 4.78. The molecule has 2 aromatic rings. The number of esters is 1. The summed E-state index contributed by atoms with van der Waals surface area (Å²) in [5.74, 6) is -1.33. The van der Waals surface area contributed by atoms with Crippen molar-refractivity contribution in [1.29, 1.82) is 0 Å². The molecule has 0 spiro atoms. The van der Waals surface area contributed by atoms with Crippen molar-refractivity contribution in [1.82, 2.24) is 5.48 Å². The number of hydrogen-bond donors (Lipinski definition) is 1. The average molecular weight is 364 g/mol. The Morgan fingerprint density at radius 3 is 2.24 bits per heavy atom. The van der Waals surface area contributed by atoms with Crippen LogP contribution in [0.3, 0.4) is 0 Å². The number of rotatable bonds is 3. The summed E-state index contributed by atoms with van der Waals surface area (Å²) in [7, 11) is 1.24. The molecule has 0 heterocycles. The highest BCUT2D eigenvalue weighted by molar-refractivity contribution is 6.32. The van der Waals surface area contributed by atoms with E-state index in [2.05, 4.69) is 4.74 Å². The molecule has 1 N–H and O–H groups in total. The summed E-state index contributed by atoms with van der Waals surface area (Å²) in [6, 6.07) is 10.8. The Kier molecular flexibility index (Phi) is 5.97. The maximum Gasteiger partial charge on any atom is 0.446 e. The molecular weight excluding hydrogens is 350 g/mol. The summed E-state index contributed by atoms with van der Waals surface area (Å²) in [5, 5.41) is 0.227. The van der Waals surface area contributed by atoms with Gasteiger partial charge in [0.1, 0.15) is 0 Å². The van der Waals surface area contributed by atoms with E-state index in [1.807, 2.05) is 5.48 Å². The van der Waals surface area contributed by atoms with Crippen LogP contribution in [-0.4, -0.2) is 25.1 Å². The molecular formula is C17H14ClNO6. The van der Waals surface area contributed by atoms with E-state index in [0.717, 1.165) is 0 Å². The van der Waals surface area contributed by atoms with Crippen molar-refractivity contribution in [3.63, 3.8) is 0 Å². The highest BCUT2D eigenvalue weighted by atomic mass is 35.5. The highest BCUT2D eigenvalue weighted by Gasteiger charge is 2.18. The van der Waals surface area contributed by atoms with Crippen LogP contribution in [0.25, 0.3) is 0 Å². The molecule has 25 heavy (non-hydrogen) atoms. The highest BCUT2D eigenvalue weighted by Crippen LogP contribution is 2.23. The smallest absolute Gasteiger partial charge is 0.446 e. The van der Waals surface area contributed by atoms with Crippen LogP contribution in [-0.2, 0) is 9.57 Å². The molecule has 0 saturated carbocycles. The van der Waals surface area contributed by atoms with Gasteiger partial charge in [-0.1, -0.05) is 29.8 Å². The fraction of sp³-hybridized carbons (Fsp3) is 0.118. The number of methoxy groups -OCH3 is 1. The first-order chi connectivity index (χ1) is 11.9. The summed E-state index contributed by atoms with van der Waals surface area (Å²) in [6.07, 6.45) is -1.02. The van der Waals surface area contributed by atoms with Gasteiger partial charge in [-0.25, -0.2) is 14.4 Å². The predicted octanol–water partition coefficient (Wildman–Crippen LogP) is 3.30. The molecule has 0 aromatic heterocycles. The van der Waals surface area contributed by atoms with Gasteiger partial charge in [0, 0.05) is 0 Å². The van der Waals surface area contributed by atoms with Gasteiger partial charge in [-0.05, 0) is 36.8 Å². The first kappa shape index (κ1) is 18.3. The van der Waals surface area contributed by atoms with Gasteiger partial charge < -0.3 is 14.3 Å². The predicted molar refractivity (Wildman–Crippen MR) is 88.5 cm³/mol. The molecule has 0 aliphatic heterocycles. The fourth-order valence-electron chi connectivity index (χ4n) is 1.98. The molecule has 0 saturated heterocycles. The van der Waals surface area contributed by atoms with E-state index in [9.17, 15) is 14.4 Å². The topological polar surface area (TPSA) is 90.9 Å². The number of amides is 1. The van der Waals surface area contributed by atoms with Gasteiger partial charge in [0.15, 0.2) is 5.75 Å². The third-order valence-corrected chi connectivity index (χ3v) is 3.54. The van der Waals surface area contributed by atoms with E-state index < -0.39 is 18.0 Å². The lowest BCUT2D eigenvalue weighted by Crippen LogP contribution is -2.30. The van der Waals surface area contributed by atoms with Crippen LogP contribution in [0.5, 0.6) is 5.75 Å². The molecule has 2 aromatic carbocycles. The zero-order chi connectivity index (χ0) is 18.4. The molecule has 7 nitrogen and oxygen atoms in total. The van der Waals surface area contributed by atoms with E-state index in [-0.39, 0.29) is 21.9 Å². The zero-order valence-electron chi connectivity index (χ0n) is 13.4. The summed E-state index contributed by atoms with van der Waals surface area (Å²) in [5.41, 5.74) is 2.54. The van der Waals surface area contributed by atoms with Crippen LogP contribution in [0.4, 0.5) is 4.79 Å². The number of carbonyl (C=O) groups excluding carboxylic acids is 3. The van der Waals surface area contributed by atoms with Crippen molar-refractivity contribution in [2.45, 2.75) is 6.92 Å². The van der Waals surface area contributed by atoms with Crippen LogP contribution in [0.1, 0.15) is 26.3 Å². The van der Waals surface area contributed by atoms with Crippen LogP contribution in [0.2, 0.25) is 5.02 Å². The minimum atomic E-state index is -1.02. The Labute approximate surface area is 148 Å². The number of hydroxylamine groups is 1. The van der Waals surface area contributed by atoms with Crippen molar-refractivity contribution in [3.8, 4) is 5.75 Å². The number of para-hydroxylation sites is 1. The van der Waals surface area contributed by atoms with Crippen molar-refractivity contribution >= 4 is 29.6 Å². The zero-order valence-corrected chi connectivity index (χ0v) is 14.1. The van der Waals surface area contributed by atoms with Crippen molar-refractivity contribution < 1.29 is 28.7 Å². The maximum atomic E-state index is 12.1. The molecule has 0 unspecified atom stereocenters. The number of carbonyl (C=O) groups is 3. The van der Waals surface area contributed by atoms with Crippen molar-refractivity contribution in [2.24, 2.45) is 0 Å².